The van der Waals surface area contributed by atoms with E-state index in [-0.39, 0.29) is 0 Å². The van der Waals surface area contributed by atoms with E-state index in [1.165, 1.54) is 5.56 Å². The Labute approximate surface area is 67.9 Å². The maximum absolute atomic E-state index is 3.64. The number of hydrogen-bond acceptors (Lipinski definition) is 0. The lowest BCUT2D eigenvalue weighted by Crippen LogP contribution is -1.67. The van der Waals surface area contributed by atoms with Gasteiger partial charge in [-0.15, -0.1) is 6.58 Å². The SMILES string of the molecule is C=CC/C=C\c1ccccc1. The van der Waals surface area contributed by atoms with E-state index in [4.69, 9.17) is 0 Å². The Bertz CT molecular complexity index is 231. The Morgan fingerprint density at radius 1 is 1.18 bits per heavy atom. The molecule has 0 heterocycles. The summed E-state index contributed by atoms with van der Waals surface area (Å²) in [6.45, 7) is 3.64. The molecule has 11 heavy (non-hydrogen) atoms. The summed E-state index contributed by atoms with van der Waals surface area (Å²) in [6.07, 6.45) is 7.03. The van der Waals surface area contributed by atoms with Crippen molar-refractivity contribution in [2.24, 2.45) is 0 Å². The molecule has 56 valence electrons. The van der Waals surface area contributed by atoms with Crippen molar-refractivity contribution in [1.29, 1.82) is 0 Å². The van der Waals surface area contributed by atoms with Gasteiger partial charge in [-0.1, -0.05) is 48.6 Å². The van der Waals surface area contributed by atoms with Gasteiger partial charge in [-0.3, -0.25) is 0 Å². The van der Waals surface area contributed by atoms with Gasteiger partial charge in [0.1, 0.15) is 0 Å². The predicted octanol–water partition coefficient (Wildman–Crippen LogP) is 3.28. The van der Waals surface area contributed by atoms with Crippen LogP contribution in [-0.4, -0.2) is 0 Å². The van der Waals surface area contributed by atoms with E-state index >= 15 is 0 Å². The maximum Gasteiger partial charge on any atom is -0.0169 e. The largest absolute Gasteiger partial charge is 0.103 e. The van der Waals surface area contributed by atoms with Gasteiger partial charge in [-0.25, -0.2) is 0 Å². The van der Waals surface area contributed by atoms with Gasteiger partial charge in [0, 0.05) is 0 Å². The lowest BCUT2D eigenvalue weighted by Gasteiger charge is -1.88. The molecule has 0 aliphatic rings. The fourth-order valence-corrected chi connectivity index (χ4v) is 0.864. The number of hydrogen-bond donors (Lipinski definition) is 0. The molecule has 0 fully saturated rings. The van der Waals surface area contributed by atoms with Crippen molar-refractivity contribution in [3.63, 3.8) is 0 Å². The molecular formula is C11H12. The third-order valence-electron chi connectivity index (χ3n) is 1.41. The Hall–Kier alpha value is -1.30. The minimum atomic E-state index is 0.939. The van der Waals surface area contributed by atoms with E-state index in [0.717, 1.165) is 6.42 Å². The van der Waals surface area contributed by atoms with Crippen LogP contribution in [0.4, 0.5) is 0 Å². The number of benzene rings is 1. The first-order valence-electron chi connectivity index (χ1n) is 3.76. The molecule has 0 aromatic heterocycles. The normalized spacial score (nSPS) is 10.2. The van der Waals surface area contributed by atoms with E-state index < -0.39 is 0 Å². The van der Waals surface area contributed by atoms with Crippen LogP contribution in [0.15, 0.2) is 49.1 Å². The average molecular weight is 144 g/mol. The van der Waals surface area contributed by atoms with Crippen molar-refractivity contribution < 1.29 is 0 Å². The van der Waals surface area contributed by atoms with Crippen LogP contribution in [0.3, 0.4) is 0 Å². The van der Waals surface area contributed by atoms with E-state index in [0.29, 0.717) is 0 Å². The number of rotatable bonds is 3. The van der Waals surface area contributed by atoms with Gasteiger partial charge < -0.3 is 0 Å². The van der Waals surface area contributed by atoms with Gasteiger partial charge >= 0.3 is 0 Å². The second-order valence-corrected chi connectivity index (χ2v) is 2.34. The van der Waals surface area contributed by atoms with Crippen molar-refractivity contribution in [3.05, 3.63) is 54.6 Å². The standard InChI is InChI=1S/C11H12/c1-2-3-5-8-11-9-6-4-7-10-11/h2,4-10H,1,3H2/b8-5-. The smallest absolute Gasteiger partial charge is 0.0169 e. The molecule has 0 bridgehead atoms. The van der Waals surface area contributed by atoms with Crippen LogP contribution < -0.4 is 0 Å². The van der Waals surface area contributed by atoms with Gasteiger partial charge in [0.05, 0.1) is 0 Å². The Morgan fingerprint density at radius 2 is 1.91 bits per heavy atom. The van der Waals surface area contributed by atoms with Gasteiger partial charge in [0.15, 0.2) is 0 Å². The van der Waals surface area contributed by atoms with E-state index in [1.807, 2.05) is 24.3 Å². The van der Waals surface area contributed by atoms with E-state index in [2.05, 4.69) is 30.9 Å². The van der Waals surface area contributed by atoms with Crippen LogP contribution in [0.5, 0.6) is 0 Å². The van der Waals surface area contributed by atoms with Gasteiger partial charge in [0.2, 0.25) is 0 Å². The summed E-state index contributed by atoms with van der Waals surface area (Å²) < 4.78 is 0. The molecule has 0 radical (unpaired) electrons. The van der Waals surface area contributed by atoms with E-state index in [9.17, 15) is 0 Å². The fourth-order valence-electron chi connectivity index (χ4n) is 0.864. The Balaban J connectivity index is 2.57. The molecule has 0 amide bonds. The molecule has 0 saturated carbocycles. The van der Waals surface area contributed by atoms with Crippen LogP contribution in [0.1, 0.15) is 12.0 Å². The van der Waals surface area contributed by atoms with Crippen molar-refractivity contribution >= 4 is 6.08 Å². The van der Waals surface area contributed by atoms with Crippen molar-refractivity contribution in [1.82, 2.24) is 0 Å². The predicted molar refractivity (Wildman–Crippen MR) is 50.3 cm³/mol. The quantitative estimate of drug-likeness (QED) is 0.571. The Morgan fingerprint density at radius 3 is 2.55 bits per heavy atom. The molecule has 0 aliphatic heterocycles. The third-order valence-corrected chi connectivity index (χ3v) is 1.41. The van der Waals surface area contributed by atoms with Crippen LogP contribution >= 0.6 is 0 Å². The zero-order valence-corrected chi connectivity index (χ0v) is 6.53. The first-order chi connectivity index (χ1) is 5.43. The van der Waals surface area contributed by atoms with Crippen LogP contribution in [0.2, 0.25) is 0 Å². The summed E-state index contributed by atoms with van der Waals surface area (Å²) in [5.74, 6) is 0. The minimum absolute atomic E-state index is 0.939. The fraction of sp³-hybridized carbons (Fsp3) is 0.0909. The maximum atomic E-state index is 3.64. The highest BCUT2D eigenvalue weighted by molar-refractivity contribution is 5.48. The van der Waals surface area contributed by atoms with Crippen molar-refractivity contribution in [2.75, 3.05) is 0 Å². The highest BCUT2D eigenvalue weighted by Gasteiger charge is 1.79. The zero-order chi connectivity index (χ0) is 7.94. The van der Waals surface area contributed by atoms with Gasteiger partial charge in [0.25, 0.3) is 0 Å². The summed E-state index contributed by atoms with van der Waals surface area (Å²) in [7, 11) is 0. The summed E-state index contributed by atoms with van der Waals surface area (Å²) >= 11 is 0. The molecule has 1 rings (SSSR count). The summed E-state index contributed by atoms with van der Waals surface area (Å²) in [4.78, 5) is 0. The molecule has 0 spiro atoms. The molecule has 0 unspecified atom stereocenters. The average Bonchev–Trinajstić information content (AvgIpc) is 2.07. The topological polar surface area (TPSA) is 0 Å². The monoisotopic (exact) mass is 144 g/mol. The first-order valence-corrected chi connectivity index (χ1v) is 3.76. The van der Waals surface area contributed by atoms with Gasteiger partial charge in [-0.05, 0) is 12.0 Å². The van der Waals surface area contributed by atoms with Crippen molar-refractivity contribution in [3.8, 4) is 0 Å². The lowest BCUT2D eigenvalue weighted by molar-refractivity contribution is 1.42. The summed E-state index contributed by atoms with van der Waals surface area (Å²) in [6, 6.07) is 10.3. The molecule has 0 heteroatoms. The zero-order valence-electron chi connectivity index (χ0n) is 6.53. The highest BCUT2D eigenvalue weighted by Crippen LogP contribution is 2.01. The minimum Gasteiger partial charge on any atom is -0.103 e. The molecule has 0 nitrogen and oxygen atoms in total. The summed E-state index contributed by atoms with van der Waals surface area (Å²) in [5, 5.41) is 0. The van der Waals surface area contributed by atoms with Crippen LogP contribution in [-0.2, 0) is 0 Å². The van der Waals surface area contributed by atoms with Gasteiger partial charge in [-0.2, -0.15) is 0 Å². The third kappa shape index (κ3) is 2.85. The number of allylic oxidation sites excluding steroid dienone is 2. The highest BCUT2D eigenvalue weighted by atomic mass is 13.9. The molecule has 0 aliphatic carbocycles. The lowest BCUT2D eigenvalue weighted by atomic mass is 10.2. The van der Waals surface area contributed by atoms with Crippen LogP contribution in [0.25, 0.3) is 6.08 Å². The second-order valence-electron chi connectivity index (χ2n) is 2.34. The van der Waals surface area contributed by atoms with E-state index in [1.54, 1.807) is 0 Å². The summed E-state index contributed by atoms with van der Waals surface area (Å²) in [5.41, 5.74) is 1.24. The molecule has 1 aromatic rings. The van der Waals surface area contributed by atoms with Crippen molar-refractivity contribution in [2.45, 2.75) is 6.42 Å². The Kier molecular flexibility index (Phi) is 3.20. The molecule has 1 aromatic carbocycles. The molecule has 0 N–H and O–H groups in total. The van der Waals surface area contributed by atoms with Crippen LogP contribution in [0, 0.1) is 0 Å². The molecular weight excluding hydrogens is 132 g/mol. The molecule has 0 saturated heterocycles. The first kappa shape index (κ1) is 7.80. The molecule has 0 atom stereocenters. The second kappa shape index (κ2) is 4.51.